The van der Waals surface area contributed by atoms with Gasteiger partial charge in [0.2, 0.25) is 0 Å². The molecule has 1 unspecified atom stereocenters. The molecule has 0 aliphatic heterocycles. The first-order valence-electron chi connectivity index (χ1n) is 8.38. The van der Waals surface area contributed by atoms with Crippen LogP contribution in [0.2, 0.25) is 0 Å². The van der Waals surface area contributed by atoms with Gasteiger partial charge in [-0.1, -0.05) is 68.4 Å². The molecule has 4 rings (SSSR count). The van der Waals surface area contributed by atoms with E-state index in [-0.39, 0.29) is 0 Å². The first-order chi connectivity index (χ1) is 11.3. The second-order valence-electron chi connectivity index (χ2n) is 6.24. The van der Waals surface area contributed by atoms with Crippen LogP contribution in [0.5, 0.6) is 0 Å². The largest absolute Gasteiger partial charge is 0.309 e. The lowest BCUT2D eigenvalue weighted by Gasteiger charge is -2.17. The van der Waals surface area contributed by atoms with E-state index in [1.165, 1.54) is 33.1 Å². The molecule has 0 saturated carbocycles. The molecule has 114 valence electrons. The van der Waals surface area contributed by atoms with Crippen LogP contribution < -0.4 is 0 Å². The summed E-state index contributed by atoms with van der Waals surface area (Å²) in [6.07, 6.45) is 1.15. The molecule has 0 amide bonds. The highest BCUT2D eigenvalue weighted by Crippen LogP contribution is 2.35. The lowest BCUT2D eigenvalue weighted by atomic mass is 9.96. The molecule has 1 atom stereocenters. The van der Waals surface area contributed by atoms with Gasteiger partial charge in [-0.3, -0.25) is 0 Å². The average Bonchev–Trinajstić information content (AvgIpc) is 2.95. The molecule has 0 spiro atoms. The Kier molecular flexibility index (Phi) is 3.42. The summed E-state index contributed by atoms with van der Waals surface area (Å²) in [6.45, 7) is 4.57. The Balaban J connectivity index is 2.14. The van der Waals surface area contributed by atoms with Crippen molar-refractivity contribution >= 4 is 21.8 Å². The van der Waals surface area contributed by atoms with E-state index in [1.54, 1.807) is 0 Å². The number of aromatic nitrogens is 1. The minimum Gasteiger partial charge on any atom is -0.309 e. The van der Waals surface area contributed by atoms with Gasteiger partial charge in [0.15, 0.2) is 0 Å². The number of hydrogen-bond acceptors (Lipinski definition) is 0. The zero-order chi connectivity index (χ0) is 15.8. The molecule has 1 nitrogen and oxygen atoms in total. The molecular formula is C22H21N. The van der Waals surface area contributed by atoms with E-state index in [4.69, 9.17) is 0 Å². The highest BCUT2D eigenvalue weighted by atomic mass is 15.0. The van der Waals surface area contributed by atoms with Gasteiger partial charge in [-0.15, -0.1) is 0 Å². The number of fused-ring (bicyclic) bond motifs is 3. The molecule has 0 bridgehead atoms. The van der Waals surface area contributed by atoms with E-state index >= 15 is 0 Å². The third-order valence-corrected chi connectivity index (χ3v) is 4.90. The predicted octanol–water partition coefficient (Wildman–Crippen LogP) is 6.30. The maximum absolute atomic E-state index is 2.42. The zero-order valence-electron chi connectivity index (χ0n) is 13.7. The van der Waals surface area contributed by atoms with Crippen molar-refractivity contribution in [2.75, 3.05) is 0 Å². The summed E-state index contributed by atoms with van der Waals surface area (Å²) in [7, 11) is 0. The first-order valence-corrected chi connectivity index (χ1v) is 8.38. The van der Waals surface area contributed by atoms with Crippen molar-refractivity contribution in [3.8, 4) is 5.69 Å². The number of hydrogen-bond donors (Lipinski definition) is 0. The zero-order valence-corrected chi connectivity index (χ0v) is 13.7. The lowest BCUT2D eigenvalue weighted by molar-refractivity contribution is 0.728. The summed E-state index contributed by atoms with van der Waals surface area (Å²) in [6, 6.07) is 26.2. The molecule has 3 aromatic carbocycles. The maximum Gasteiger partial charge on any atom is 0.0541 e. The van der Waals surface area contributed by atoms with E-state index in [2.05, 4.69) is 91.2 Å². The summed E-state index contributed by atoms with van der Waals surface area (Å²) in [5.41, 5.74) is 5.29. The molecule has 0 radical (unpaired) electrons. The maximum atomic E-state index is 2.42. The van der Waals surface area contributed by atoms with Gasteiger partial charge < -0.3 is 4.57 Å². The summed E-state index contributed by atoms with van der Waals surface area (Å²) in [4.78, 5) is 0. The normalized spacial score (nSPS) is 12.8. The Labute approximate surface area is 137 Å². The smallest absolute Gasteiger partial charge is 0.0541 e. The van der Waals surface area contributed by atoms with Gasteiger partial charge in [-0.05, 0) is 36.1 Å². The Bertz CT molecular complexity index is 924. The van der Waals surface area contributed by atoms with Crippen LogP contribution in [0.15, 0.2) is 72.8 Å². The number of para-hydroxylation sites is 3. The minimum atomic E-state index is 0.547. The molecular weight excluding hydrogens is 278 g/mol. The fourth-order valence-corrected chi connectivity index (χ4v) is 3.51. The highest BCUT2D eigenvalue weighted by Gasteiger charge is 2.15. The van der Waals surface area contributed by atoms with E-state index in [0.29, 0.717) is 5.92 Å². The standard InChI is InChI=1S/C22H21N/c1-3-16(2)17-10-4-7-13-20(17)23-21-14-8-5-11-18(21)19-12-6-9-15-22(19)23/h4-16H,3H2,1-2H3. The molecule has 23 heavy (non-hydrogen) atoms. The van der Waals surface area contributed by atoms with Crippen molar-refractivity contribution in [2.45, 2.75) is 26.2 Å². The van der Waals surface area contributed by atoms with E-state index in [9.17, 15) is 0 Å². The van der Waals surface area contributed by atoms with Gasteiger partial charge in [0, 0.05) is 16.5 Å². The molecule has 0 N–H and O–H groups in total. The van der Waals surface area contributed by atoms with Crippen molar-refractivity contribution in [2.24, 2.45) is 0 Å². The van der Waals surface area contributed by atoms with Crippen LogP contribution in [0, 0.1) is 0 Å². The molecule has 0 saturated heterocycles. The average molecular weight is 299 g/mol. The molecule has 1 heterocycles. The minimum absolute atomic E-state index is 0.547. The van der Waals surface area contributed by atoms with Crippen molar-refractivity contribution in [3.05, 3.63) is 78.4 Å². The van der Waals surface area contributed by atoms with Crippen LogP contribution in [0.4, 0.5) is 0 Å². The number of nitrogens with zero attached hydrogens (tertiary/aromatic N) is 1. The number of benzene rings is 3. The number of rotatable bonds is 3. The van der Waals surface area contributed by atoms with Gasteiger partial charge in [0.1, 0.15) is 0 Å². The SMILES string of the molecule is CCC(C)c1ccccc1-n1c2ccccc2c2ccccc21. The Morgan fingerprint density at radius 3 is 1.87 bits per heavy atom. The molecule has 0 aliphatic carbocycles. The topological polar surface area (TPSA) is 4.93 Å². The van der Waals surface area contributed by atoms with Crippen LogP contribution >= 0.6 is 0 Å². The second kappa shape index (κ2) is 5.58. The van der Waals surface area contributed by atoms with E-state index in [0.717, 1.165) is 6.42 Å². The van der Waals surface area contributed by atoms with Crippen molar-refractivity contribution in [1.82, 2.24) is 4.57 Å². The van der Waals surface area contributed by atoms with Gasteiger partial charge in [-0.2, -0.15) is 0 Å². The van der Waals surface area contributed by atoms with Gasteiger partial charge in [0.25, 0.3) is 0 Å². The lowest BCUT2D eigenvalue weighted by Crippen LogP contribution is -2.02. The summed E-state index contributed by atoms with van der Waals surface area (Å²) in [5.74, 6) is 0.547. The third-order valence-electron chi connectivity index (χ3n) is 4.90. The van der Waals surface area contributed by atoms with Crippen LogP contribution in [0.1, 0.15) is 31.7 Å². The Morgan fingerprint density at radius 2 is 1.26 bits per heavy atom. The Hall–Kier alpha value is -2.54. The van der Waals surface area contributed by atoms with Crippen LogP contribution in [0.25, 0.3) is 27.5 Å². The quantitative estimate of drug-likeness (QED) is 0.418. The van der Waals surface area contributed by atoms with Crippen molar-refractivity contribution in [3.63, 3.8) is 0 Å². The summed E-state index contributed by atoms with van der Waals surface area (Å²) >= 11 is 0. The van der Waals surface area contributed by atoms with Gasteiger partial charge in [0.05, 0.1) is 11.0 Å². The monoisotopic (exact) mass is 299 g/mol. The van der Waals surface area contributed by atoms with Crippen LogP contribution in [0.3, 0.4) is 0 Å². The highest BCUT2D eigenvalue weighted by molar-refractivity contribution is 6.09. The molecule has 1 heteroatoms. The molecule has 0 aliphatic rings. The van der Waals surface area contributed by atoms with Crippen LogP contribution in [-0.2, 0) is 0 Å². The Morgan fingerprint density at radius 1 is 0.739 bits per heavy atom. The summed E-state index contributed by atoms with van der Waals surface area (Å²) in [5, 5.41) is 2.64. The van der Waals surface area contributed by atoms with E-state index in [1.807, 2.05) is 0 Å². The molecule has 1 aromatic heterocycles. The van der Waals surface area contributed by atoms with Crippen molar-refractivity contribution in [1.29, 1.82) is 0 Å². The fourth-order valence-electron chi connectivity index (χ4n) is 3.51. The predicted molar refractivity (Wildman–Crippen MR) is 99.5 cm³/mol. The molecule has 4 aromatic rings. The van der Waals surface area contributed by atoms with Gasteiger partial charge >= 0.3 is 0 Å². The second-order valence-corrected chi connectivity index (χ2v) is 6.24. The van der Waals surface area contributed by atoms with E-state index < -0.39 is 0 Å². The first kappa shape index (κ1) is 14.1. The molecule has 0 fully saturated rings. The van der Waals surface area contributed by atoms with Gasteiger partial charge in [-0.25, -0.2) is 0 Å². The van der Waals surface area contributed by atoms with Crippen molar-refractivity contribution < 1.29 is 0 Å². The fraction of sp³-hybridized carbons (Fsp3) is 0.182. The van der Waals surface area contributed by atoms with Crippen LogP contribution in [-0.4, -0.2) is 4.57 Å². The third kappa shape index (κ3) is 2.16. The summed E-state index contributed by atoms with van der Waals surface area (Å²) < 4.78 is 2.42.